The first kappa shape index (κ1) is 14.0. The van der Waals surface area contributed by atoms with E-state index < -0.39 is 11.7 Å². The van der Waals surface area contributed by atoms with Gasteiger partial charge in [-0.05, 0) is 26.8 Å². The molecule has 0 aliphatic carbocycles. The maximum absolute atomic E-state index is 11.6. The third kappa shape index (κ3) is 3.11. The fraction of sp³-hybridized carbons (Fsp3) is 0.385. The van der Waals surface area contributed by atoms with E-state index in [9.17, 15) is 9.59 Å². The molecule has 0 unspecified atom stereocenters. The zero-order valence-corrected chi connectivity index (χ0v) is 11.8. The number of carbonyl (C=O) groups excluding carboxylic acids is 2. The van der Waals surface area contributed by atoms with Crippen LogP contribution in [0, 0.1) is 0 Å². The maximum Gasteiger partial charge on any atom is 0.413 e. The minimum absolute atomic E-state index is 0.151. The van der Waals surface area contributed by atoms with E-state index in [1.165, 1.54) is 17.7 Å². The smallest absolute Gasteiger partial charge is 0.413 e. The number of fused-ring (bicyclic) bond motifs is 1. The molecule has 1 N–H and O–H groups in total. The molecular weight excluding hydrogens is 260 g/mol. The average molecular weight is 276 g/mol. The van der Waals surface area contributed by atoms with Gasteiger partial charge in [-0.3, -0.25) is 14.7 Å². The Morgan fingerprint density at radius 3 is 2.65 bits per heavy atom. The summed E-state index contributed by atoms with van der Waals surface area (Å²) in [5.74, 6) is 0.121. The highest BCUT2D eigenvalue weighted by atomic mass is 16.6. The van der Waals surface area contributed by atoms with Crippen molar-refractivity contribution in [3.63, 3.8) is 0 Å². The summed E-state index contributed by atoms with van der Waals surface area (Å²) in [6.45, 7) is 6.76. The van der Waals surface area contributed by atoms with E-state index in [4.69, 9.17) is 4.74 Å². The van der Waals surface area contributed by atoms with E-state index in [0.29, 0.717) is 11.2 Å². The van der Waals surface area contributed by atoms with Gasteiger partial charge in [0.2, 0.25) is 5.91 Å². The van der Waals surface area contributed by atoms with Crippen LogP contribution in [-0.2, 0) is 4.74 Å². The van der Waals surface area contributed by atoms with Crippen LogP contribution in [0.15, 0.2) is 18.5 Å². The van der Waals surface area contributed by atoms with Crippen molar-refractivity contribution in [3.05, 3.63) is 18.5 Å². The topological polar surface area (TPSA) is 86.1 Å². The van der Waals surface area contributed by atoms with E-state index in [0.717, 1.165) is 0 Å². The molecule has 20 heavy (non-hydrogen) atoms. The first-order chi connectivity index (χ1) is 9.26. The van der Waals surface area contributed by atoms with Crippen molar-refractivity contribution in [2.24, 2.45) is 0 Å². The molecular formula is C13H16N4O3. The lowest BCUT2D eigenvalue weighted by Crippen LogP contribution is -2.27. The van der Waals surface area contributed by atoms with E-state index in [-0.39, 0.29) is 11.7 Å². The number of amides is 1. The van der Waals surface area contributed by atoms with Crippen LogP contribution < -0.4 is 5.32 Å². The van der Waals surface area contributed by atoms with Crippen LogP contribution >= 0.6 is 0 Å². The van der Waals surface area contributed by atoms with Gasteiger partial charge in [0.25, 0.3) is 0 Å². The lowest BCUT2D eigenvalue weighted by atomic mass is 10.2. The predicted octanol–water partition coefficient (Wildman–Crippen LogP) is 2.44. The van der Waals surface area contributed by atoms with Crippen molar-refractivity contribution in [1.29, 1.82) is 0 Å². The highest BCUT2D eigenvalue weighted by Gasteiger charge is 2.17. The Labute approximate surface area is 116 Å². The Morgan fingerprint density at radius 2 is 2.05 bits per heavy atom. The molecule has 0 aliphatic heterocycles. The van der Waals surface area contributed by atoms with Crippen LogP contribution in [0.4, 0.5) is 10.6 Å². The molecule has 2 heterocycles. The summed E-state index contributed by atoms with van der Waals surface area (Å²) in [5, 5.41) is 2.50. The van der Waals surface area contributed by atoms with Crippen LogP contribution in [0.3, 0.4) is 0 Å². The Hall–Kier alpha value is -2.44. The van der Waals surface area contributed by atoms with Crippen LogP contribution in [-0.4, -0.2) is 32.1 Å². The van der Waals surface area contributed by atoms with Gasteiger partial charge in [0.15, 0.2) is 11.5 Å². The summed E-state index contributed by atoms with van der Waals surface area (Å²) in [6, 6.07) is 1.66. The summed E-state index contributed by atoms with van der Waals surface area (Å²) in [4.78, 5) is 31.3. The lowest BCUT2D eigenvalue weighted by molar-refractivity contribution is 0.0635. The van der Waals surface area contributed by atoms with Gasteiger partial charge >= 0.3 is 6.09 Å². The maximum atomic E-state index is 11.6. The second-order valence-corrected chi connectivity index (χ2v) is 5.30. The monoisotopic (exact) mass is 276 g/mol. The largest absolute Gasteiger partial charge is 0.444 e. The van der Waals surface area contributed by atoms with Crippen LogP contribution in [0.25, 0.3) is 11.2 Å². The van der Waals surface area contributed by atoms with Crippen molar-refractivity contribution in [3.8, 4) is 0 Å². The highest BCUT2D eigenvalue weighted by molar-refractivity contribution is 5.89. The van der Waals surface area contributed by atoms with Gasteiger partial charge in [0.05, 0.1) is 6.20 Å². The Bertz CT molecular complexity index is 670. The van der Waals surface area contributed by atoms with Crippen LogP contribution in [0.5, 0.6) is 0 Å². The van der Waals surface area contributed by atoms with Gasteiger partial charge in [-0.25, -0.2) is 14.8 Å². The van der Waals surface area contributed by atoms with E-state index >= 15 is 0 Å². The molecule has 7 nitrogen and oxygen atoms in total. The van der Waals surface area contributed by atoms with E-state index in [2.05, 4.69) is 15.3 Å². The average Bonchev–Trinajstić information content (AvgIpc) is 2.68. The molecule has 0 saturated carbocycles. The minimum atomic E-state index is -0.600. The Kier molecular flexibility index (Phi) is 3.44. The number of hydrogen-bond acceptors (Lipinski definition) is 5. The molecule has 1 amide bonds. The number of rotatable bonds is 1. The molecule has 0 fully saturated rings. The third-order valence-electron chi connectivity index (χ3n) is 2.36. The second-order valence-electron chi connectivity index (χ2n) is 5.30. The molecule has 2 aromatic rings. The van der Waals surface area contributed by atoms with Crippen molar-refractivity contribution in [1.82, 2.24) is 14.5 Å². The first-order valence-corrected chi connectivity index (χ1v) is 6.11. The van der Waals surface area contributed by atoms with E-state index in [1.54, 1.807) is 33.0 Å². The number of nitrogens with zero attached hydrogens (tertiary/aromatic N) is 3. The fourth-order valence-electron chi connectivity index (χ4n) is 1.63. The standard InChI is InChI=1S/C13H16N4O3/c1-8(18)17-6-5-9-11(17)14-7-10(15-9)16-12(19)20-13(2,3)4/h5-7H,1-4H3,(H,15,16,19). The minimum Gasteiger partial charge on any atom is -0.444 e. The number of aromatic nitrogens is 3. The molecule has 0 spiro atoms. The molecule has 2 rings (SSSR count). The molecule has 0 aromatic carbocycles. The van der Waals surface area contributed by atoms with Crippen LogP contribution in [0.1, 0.15) is 32.5 Å². The molecule has 2 aromatic heterocycles. The molecule has 0 radical (unpaired) electrons. The van der Waals surface area contributed by atoms with Crippen molar-refractivity contribution in [2.45, 2.75) is 33.3 Å². The Balaban J connectivity index is 2.21. The summed E-state index contributed by atoms with van der Waals surface area (Å²) in [6.07, 6.45) is 2.37. The van der Waals surface area contributed by atoms with Gasteiger partial charge in [-0.2, -0.15) is 0 Å². The first-order valence-electron chi connectivity index (χ1n) is 6.11. The third-order valence-corrected chi connectivity index (χ3v) is 2.36. The lowest BCUT2D eigenvalue weighted by Gasteiger charge is -2.19. The van der Waals surface area contributed by atoms with Gasteiger partial charge in [0, 0.05) is 13.1 Å². The molecule has 106 valence electrons. The van der Waals surface area contributed by atoms with Gasteiger partial charge in [-0.1, -0.05) is 0 Å². The molecule has 0 bridgehead atoms. The summed E-state index contributed by atoms with van der Waals surface area (Å²) >= 11 is 0. The summed E-state index contributed by atoms with van der Waals surface area (Å²) in [5.41, 5.74) is 0.389. The fourth-order valence-corrected chi connectivity index (χ4v) is 1.63. The quantitative estimate of drug-likeness (QED) is 0.864. The Morgan fingerprint density at radius 1 is 1.35 bits per heavy atom. The molecule has 0 aliphatic rings. The van der Waals surface area contributed by atoms with Crippen molar-refractivity contribution in [2.75, 3.05) is 5.32 Å². The number of nitrogens with one attached hydrogen (secondary N) is 1. The number of hydrogen-bond donors (Lipinski definition) is 1. The summed E-state index contributed by atoms with van der Waals surface area (Å²) in [7, 11) is 0. The van der Waals surface area contributed by atoms with Gasteiger partial charge in [-0.15, -0.1) is 0 Å². The van der Waals surface area contributed by atoms with Gasteiger partial charge < -0.3 is 4.74 Å². The molecule has 7 heteroatoms. The van der Waals surface area contributed by atoms with Gasteiger partial charge in [0.1, 0.15) is 11.1 Å². The number of carbonyl (C=O) groups is 2. The molecule has 0 saturated heterocycles. The van der Waals surface area contributed by atoms with Crippen molar-refractivity contribution < 1.29 is 14.3 Å². The van der Waals surface area contributed by atoms with Crippen LogP contribution in [0.2, 0.25) is 0 Å². The second kappa shape index (κ2) is 4.92. The zero-order chi connectivity index (χ0) is 14.9. The normalized spacial score (nSPS) is 11.4. The predicted molar refractivity (Wildman–Crippen MR) is 73.7 cm³/mol. The van der Waals surface area contributed by atoms with E-state index in [1.807, 2.05) is 0 Å². The number of ether oxygens (including phenoxy) is 1. The zero-order valence-electron chi connectivity index (χ0n) is 11.8. The highest BCUT2D eigenvalue weighted by Crippen LogP contribution is 2.14. The molecule has 0 atom stereocenters. The SMILES string of the molecule is CC(=O)n1ccc2nc(NC(=O)OC(C)(C)C)cnc21. The summed E-state index contributed by atoms with van der Waals surface area (Å²) < 4.78 is 6.51. The van der Waals surface area contributed by atoms with Crippen molar-refractivity contribution >= 4 is 29.0 Å². The number of anilines is 1.